The third-order valence-corrected chi connectivity index (χ3v) is 4.06. The average molecular weight is 272 g/mol. The van der Waals surface area contributed by atoms with E-state index >= 15 is 0 Å². The van der Waals surface area contributed by atoms with Crippen LogP contribution in [-0.4, -0.2) is 50.9 Å². The molecule has 0 radical (unpaired) electrons. The van der Waals surface area contributed by atoms with E-state index in [2.05, 4.69) is 20.3 Å². The van der Waals surface area contributed by atoms with Crippen LogP contribution in [0.1, 0.15) is 12.8 Å². The summed E-state index contributed by atoms with van der Waals surface area (Å²) >= 11 is 0. The minimum absolute atomic E-state index is 0.212. The second-order valence-corrected chi connectivity index (χ2v) is 5.60. The zero-order valence-corrected chi connectivity index (χ0v) is 11.2. The summed E-state index contributed by atoms with van der Waals surface area (Å²) in [6.07, 6.45) is 1.70. The highest BCUT2D eigenvalue weighted by Crippen LogP contribution is 2.17. The molecule has 0 saturated carbocycles. The summed E-state index contributed by atoms with van der Waals surface area (Å²) in [5.74, 6) is 1.87. The molecular weight excluding hydrogens is 256 g/mol. The highest BCUT2D eigenvalue weighted by Gasteiger charge is 2.19. The number of anilines is 1. The van der Waals surface area contributed by atoms with Crippen molar-refractivity contribution < 1.29 is 13.7 Å². The summed E-state index contributed by atoms with van der Waals surface area (Å²) in [5.41, 5.74) is 0. The van der Waals surface area contributed by atoms with Gasteiger partial charge in [-0.25, -0.2) is 0 Å². The first-order valence-corrected chi connectivity index (χ1v) is 7.15. The third-order valence-electron chi connectivity index (χ3n) is 2.68. The minimum atomic E-state index is -0.673. The number of hydrogen-bond acceptors (Lipinski definition) is 7. The van der Waals surface area contributed by atoms with Gasteiger partial charge in [0, 0.05) is 28.3 Å². The summed E-state index contributed by atoms with van der Waals surface area (Å²) < 4.78 is 21.2. The fraction of sp³-hybridized carbons (Fsp3) is 0.700. The van der Waals surface area contributed by atoms with Gasteiger partial charge >= 0.3 is 12.0 Å². The van der Waals surface area contributed by atoms with Gasteiger partial charge in [-0.05, 0) is 12.8 Å². The van der Waals surface area contributed by atoms with Crippen molar-refractivity contribution in [2.45, 2.75) is 18.9 Å². The van der Waals surface area contributed by atoms with E-state index < -0.39 is 10.8 Å². The number of nitrogens with one attached hydrogen (secondary N) is 1. The lowest BCUT2D eigenvalue weighted by atomic mass is 10.2. The zero-order valence-electron chi connectivity index (χ0n) is 10.4. The van der Waals surface area contributed by atoms with Crippen LogP contribution in [-0.2, 0) is 10.8 Å². The first kappa shape index (κ1) is 13.0. The van der Waals surface area contributed by atoms with Crippen LogP contribution in [0.15, 0.2) is 0 Å². The number of ether oxygens (including phenoxy) is 2. The van der Waals surface area contributed by atoms with E-state index in [4.69, 9.17) is 9.47 Å². The van der Waals surface area contributed by atoms with Crippen molar-refractivity contribution in [1.82, 2.24) is 15.0 Å². The highest BCUT2D eigenvalue weighted by atomic mass is 32.2. The molecule has 1 aromatic heterocycles. The lowest BCUT2D eigenvalue weighted by molar-refractivity contribution is 0.340. The SMILES string of the molecule is COc1nc(NC2CCS(=O)CC2)nc(OC)n1. The normalized spacial score (nSPS) is 23.4. The maximum Gasteiger partial charge on any atom is 0.324 e. The number of rotatable bonds is 4. The molecule has 0 unspecified atom stereocenters. The summed E-state index contributed by atoms with van der Waals surface area (Å²) in [6.45, 7) is 0. The molecule has 0 aliphatic carbocycles. The number of aromatic nitrogens is 3. The molecule has 0 aromatic carbocycles. The van der Waals surface area contributed by atoms with Gasteiger partial charge in [0.25, 0.3) is 0 Å². The van der Waals surface area contributed by atoms with Crippen LogP contribution in [0.5, 0.6) is 12.0 Å². The second-order valence-electron chi connectivity index (χ2n) is 3.90. The van der Waals surface area contributed by atoms with Crippen LogP contribution in [0.3, 0.4) is 0 Å². The van der Waals surface area contributed by atoms with E-state index in [-0.39, 0.29) is 18.1 Å². The molecular formula is C10H16N4O3S. The van der Waals surface area contributed by atoms with Crippen molar-refractivity contribution in [3.8, 4) is 12.0 Å². The van der Waals surface area contributed by atoms with Crippen molar-refractivity contribution in [2.75, 3.05) is 31.0 Å². The Balaban J connectivity index is 2.06. The Hall–Kier alpha value is -1.44. The number of methoxy groups -OCH3 is 2. The predicted octanol–water partition coefficient (Wildman–Crippen LogP) is 0.212. The van der Waals surface area contributed by atoms with Crippen LogP contribution in [0.2, 0.25) is 0 Å². The molecule has 0 amide bonds. The molecule has 2 rings (SSSR count). The van der Waals surface area contributed by atoms with E-state index in [1.165, 1.54) is 14.2 Å². The smallest absolute Gasteiger partial charge is 0.324 e. The lowest BCUT2D eigenvalue weighted by Gasteiger charge is -2.22. The standard InChI is InChI=1S/C10H16N4O3S/c1-16-9-12-8(13-10(14-9)17-2)11-7-3-5-18(15)6-4-7/h7H,3-6H2,1-2H3,(H,11,12,13,14). The molecule has 1 aliphatic heterocycles. The zero-order chi connectivity index (χ0) is 13.0. The van der Waals surface area contributed by atoms with Gasteiger partial charge in [-0.2, -0.15) is 9.97 Å². The molecule has 0 bridgehead atoms. The van der Waals surface area contributed by atoms with Crippen LogP contribution in [0.4, 0.5) is 5.95 Å². The predicted molar refractivity (Wildman–Crippen MR) is 67.5 cm³/mol. The van der Waals surface area contributed by atoms with Gasteiger partial charge in [-0.15, -0.1) is 4.98 Å². The maximum absolute atomic E-state index is 11.3. The fourth-order valence-corrected chi connectivity index (χ4v) is 3.00. The van der Waals surface area contributed by atoms with Gasteiger partial charge in [0.1, 0.15) is 0 Å². The van der Waals surface area contributed by atoms with E-state index in [0.29, 0.717) is 5.95 Å². The Morgan fingerprint density at radius 3 is 2.17 bits per heavy atom. The Morgan fingerprint density at radius 2 is 1.67 bits per heavy atom. The first-order valence-electron chi connectivity index (χ1n) is 5.67. The van der Waals surface area contributed by atoms with Crippen molar-refractivity contribution in [3.63, 3.8) is 0 Å². The minimum Gasteiger partial charge on any atom is -0.467 e. The molecule has 1 fully saturated rings. The largest absolute Gasteiger partial charge is 0.467 e. The maximum atomic E-state index is 11.3. The fourth-order valence-electron chi connectivity index (χ4n) is 1.71. The Kier molecular flexibility index (Phi) is 4.29. The van der Waals surface area contributed by atoms with Gasteiger partial charge in [0.2, 0.25) is 5.95 Å². The first-order chi connectivity index (χ1) is 8.71. The van der Waals surface area contributed by atoms with E-state index in [1.807, 2.05) is 0 Å². The Morgan fingerprint density at radius 1 is 1.11 bits per heavy atom. The summed E-state index contributed by atoms with van der Waals surface area (Å²) in [7, 11) is 2.30. The molecule has 2 heterocycles. The molecule has 100 valence electrons. The van der Waals surface area contributed by atoms with Crippen LogP contribution >= 0.6 is 0 Å². The second kappa shape index (κ2) is 5.94. The van der Waals surface area contributed by atoms with Crippen LogP contribution < -0.4 is 14.8 Å². The molecule has 1 aromatic rings. The summed E-state index contributed by atoms with van der Waals surface area (Å²) in [5, 5.41) is 3.19. The van der Waals surface area contributed by atoms with Crippen molar-refractivity contribution in [3.05, 3.63) is 0 Å². The number of hydrogen-bond donors (Lipinski definition) is 1. The van der Waals surface area contributed by atoms with Gasteiger partial charge in [0.05, 0.1) is 14.2 Å². The van der Waals surface area contributed by atoms with Gasteiger partial charge < -0.3 is 14.8 Å². The molecule has 0 atom stereocenters. The average Bonchev–Trinajstić information content (AvgIpc) is 2.41. The van der Waals surface area contributed by atoms with E-state index in [9.17, 15) is 4.21 Å². The van der Waals surface area contributed by atoms with Crippen molar-refractivity contribution in [1.29, 1.82) is 0 Å². The third kappa shape index (κ3) is 3.28. The lowest BCUT2D eigenvalue weighted by Crippen LogP contribution is -2.30. The van der Waals surface area contributed by atoms with Gasteiger partial charge in [0.15, 0.2) is 0 Å². The molecule has 1 aliphatic rings. The summed E-state index contributed by atoms with van der Waals surface area (Å²) in [6, 6.07) is 0.659. The van der Waals surface area contributed by atoms with E-state index in [0.717, 1.165) is 24.3 Å². The molecule has 0 spiro atoms. The summed E-state index contributed by atoms with van der Waals surface area (Å²) in [4.78, 5) is 12.1. The Bertz CT molecular complexity index is 411. The molecule has 1 N–H and O–H groups in total. The highest BCUT2D eigenvalue weighted by molar-refractivity contribution is 7.85. The van der Waals surface area contributed by atoms with Crippen LogP contribution in [0.25, 0.3) is 0 Å². The van der Waals surface area contributed by atoms with Gasteiger partial charge in [-0.3, -0.25) is 4.21 Å². The Labute approximate surface area is 108 Å². The topological polar surface area (TPSA) is 86.2 Å². The number of nitrogens with zero attached hydrogens (tertiary/aromatic N) is 3. The quantitative estimate of drug-likeness (QED) is 0.838. The van der Waals surface area contributed by atoms with Crippen LogP contribution in [0, 0.1) is 0 Å². The molecule has 18 heavy (non-hydrogen) atoms. The van der Waals surface area contributed by atoms with Gasteiger partial charge in [-0.1, -0.05) is 0 Å². The molecule has 8 heteroatoms. The monoisotopic (exact) mass is 272 g/mol. The van der Waals surface area contributed by atoms with Crippen molar-refractivity contribution >= 4 is 16.7 Å². The van der Waals surface area contributed by atoms with E-state index in [1.54, 1.807) is 0 Å². The van der Waals surface area contributed by atoms with Crippen molar-refractivity contribution in [2.24, 2.45) is 0 Å². The molecule has 1 saturated heterocycles. The molecule has 7 nitrogen and oxygen atoms in total.